The van der Waals surface area contributed by atoms with E-state index in [1.165, 1.54) is 12.7 Å². The summed E-state index contributed by atoms with van der Waals surface area (Å²) >= 11 is 7.65. The minimum atomic E-state index is -0.0860. The molecule has 38 heavy (non-hydrogen) atoms. The SMILES string of the molecule is COCC(=O)N1CCCN(Cc2ccc(Cl)cc2)CCCN(C(=O)Cc2csc(C)n2)Cc2ccccc21. The number of carbonyl (C=O) groups is 2. The number of halogens is 1. The zero-order chi connectivity index (χ0) is 26.9. The van der Waals surface area contributed by atoms with Crippen LogP contribution in [0, 0.1) is 6.92 Å². The minimum absolute atomic E-state index is 0.00858. The zero-order valence-corrected chi connectivity index (χ0v) is 23.6. The van der Waals surface area contributed by atoms with Gasteiger partial charge in [0.25, 0.3) is 5.91 Å². The van der Waals surface area contributed by atoms with Crippen molar-refractivity contribution in [1.29, 1.82) is 0 Å². The van der Waals surface area contributed by atoms with Crippen LogP contribution in [0.15, 0.2) is 53.9 Å². The molecule has 2 amide bonds. The molecule has 9 heteroatoms. The number of aromatic nitrogens is 1. The Morgan fingerprint density at radius 1 is 1.00 bits per heavy atom. The first kappa shape index (κ1) is 28.2. The molecule has 202 valence electrons. The number of thiazole rings is 1. The van der Waals surface area contributed by atoms with Crippen LogP contribution in [0.3, 0.4) is 0 Å². The molecule has 3 aromatic rings. The van der Waals surface area contributed by atoms with Crippen LogP contribution >= 0.6 is 22.9 Å². The number of benzene rings is 2. The van der Waals surface area contributed by atoms with Crippen molar-refractivity contribution in [2.45, 2.75) is 39.3 Å². The lowest BCUT2D eigenvalue weighted by molar-refractivity contribution is -0.131. The van der Waals surface area contributed by atoms with Gasteiger partial charge in [0.15, 0.2) is 0 Å². The smallest absolute Gasteiger partial charge is 0.252 e. The van der Waals surface area contributed by atoms with Gasteiger partial charge in [-0.3, -0.25) is 14.5 Å². The molecule has 7 nitrogen and oxygen atoms in total. The first-order valence-electron chi connectivity index (χ1n) is 13.0. The lowest BCUT2D eigenvalue weighted by Gasteiger charge is -2.31. The van der Waals surface area contributed by atoms with Crippen LogP contribution in [0.5, 0.6) is 0 Å². The maximum atomic E-state index is 13.5. The number of aryl methyl sites for hydroxylation is 1. The second-order valence-electron chi connectivity index (χ2n) is 9.57. The fourth-order valence-corrected chi connectivity index (χ4v) is 5.54. The summed E-state index contributed by atoms with van der Waals surface area (Å²) in [5.74, 6) is -0.0433. The number of ether oxygens (including phenoxy) is 1. The number of rotatable bonds is 6. The minimum Gasteiger partial charge on any atom is -0.375 e. The first-order chi connectivity index (χ1) is 18.4. The molecule has 4 rings (SSSR count). The average Bonchev–Trinajstić information content (AvgIpc) is 3.31. The Labute approximate surface area is 234 Å². The van der Waals surface area contributed by atoms with Crippen molar-refractivity contribution < 1.29 is 14.3 Å². The van der Waals surface area contributed by atoms with E-state index in [9.17, 15) is 9.59 Å². The van der Waals surface area contributed by atoms with E-state index in [-0.39, 0.29) is 24.8 Å². The highest BCUT2D eigenvalue weighted by molar-refractivity contribution is 7.09. The molecule has 0 aliphatic carbocycles. The monoisotopic (exact) mass is 554 g/mol. The highest BCUT2D eigenvalue weighted by Crippen LogP contribution is 2.24. The molecule has 1 aromatic heterocycles. The standard InChI is InChI=1S/C29H35ClN4O3S/c1-22-31-26(21-38-22)17-28(35)33-15-5-13-32(18-23-9-11-25(30)12-10-23)14-6-16-34(29(36)20-37-2)27-8-4-3-7-24(27)19-33/h3-4,7-12,21H,5-6,13-20H2,1-2H3. The quantitative estimate of drug-likeness (QED) is 0.431. The van der Waals surface area contributed by atoms with Gasteiger partial charge in [0.05, 0.1) is 17.1 Å². The summed E-state index contributed by atoms with van der Waals surface area (Å²) < 4.78 is 5.20. The Bertz CT molecular complexity index is 1220. The van der Waals surface area contributed by atoms with E-state index in [4.69, 9.17) is 16.3 Å². The summed E-state index contributed by atoms with van der Waals surface area (Å²) in [5, 5.41) is 3.63. The van der Waals surface area contributed by atoms with E-state index in [1.807, 2.05) is 58.5 Å². The highest BCUT2D eigenvalue weighted by atomic mass is 35.5. The van der Waals surface area contributed by atoms with Crippen molar-refractivity contribution >= 4 is 40.4 Å². The number of carbonyl (C=O) groups excluding carboxylic acids is 2. The van der Waals surface area contributed by atoms with Gasteiger partial charge in [-0.05, 0) is 49.1 Å². The van der Waals surface area contributed by atoms with E-state index in [1.54, 1.807) is 11.3 Å². The molecule has 0 saturated heterocycles. The molecule has 2 heterocycles. The van der Waals surface area contributed by atoms with Crippen LogP contribution in [0.1, 0.15) is 34.7 Å². The second kappa shape index (κ2) is 13.8. The van der Waals surface area contributed by atoms with Gasteiger partial charge in [-0.15, -0.1) is 11.3 Å². The molecule has 0 saturated carbocycles. The van der Waals surface area contributed by atoms with Crippen LogP contribution in [0.25, 0.3) is 0 Å². The number of hydrogen-bond donors (Lipinski definition) is 0. The highest BCUT2D eigenvalue weighted by Gasteiger charge is 2.23. The number of para-hydroxylation sites is 1. The van der Waals surface area contributed by atoms with E-state index in [2.05, 4.69) is 22.0 Å². The van der Waals surface area contributed by atoms with Crippen LogP contribution in [-0.4, -0.2) is 66.5 Å². The van der Waals surface area contributed by atoms with Crippen molar-refractivity contribution in [1.82, 2.24) is 14.8 Å². The normalized spacial score (nSPS) is 15.4. The topological polar surface area (TPSA) is 66.0 Å². The van der Waals surface area contributed by atoms with Gasteiger partial charge in [0, 0.05) is 62.5 Å². The number of amides is 2. The summed E-state index contributed by atoms with van der Waals surface area (Å²) in [7, 11) is 1.54. The summed E-state index contributed by atoms with van der Waals surface area (Å²) in [6, 6.07) is 15.8. The van der Waals surface area contributed by atoms with Crippen LogP contribution in [0.4, 0.5) is 5.69 Å². The Balaban J connectivity index is 1.60. The van der Waals surface area contributed by atoms with Crippen molar-refractivity contribution in [3.63, 3.8) is 0 Å². The zero-order valence-electron chi connectivity index (χ0n) is 22.1. The van der Waals surface area contributed by atoms with E-state index >= 15 is 0 Å². The third kappa shape index (κ3) is 7.86. The third-order valence-electron chi connectivity index (χ3n) is 6.64. The molecule has 0 unspecified atom stereocenters. The molecule has 2 aromatic carbocycles. The maximum absolute atomic E-state index is 13.5. The summed E-state index contributed by atoms with van der Waals surface area (Å²) in [6.45, 7) is 6.05. The van der Waals surface area contributed by atoms with Gasteiger partial charge in [-0.25, -0.2) is 4.98 Å². The molecular weight excluding hydrogens is 520 g/mol. The molecule has 0 bridgehead atoms. The Hall–Kier alpha value is -2.78. The molecule has 1 aliphatic heterocycles. The number of fused-ring (bicyclic) bond motifs is 1. The number of nitrogens with zero attached hydrogens (tertiary/aromatic N) is 4. The van der Waals surface area contributed by atoms with Crippen molar-refractivity contribution in [2.75, 3.05) is 44.8 Å². The summed E-state index contributed by atoms with van der Waals surface area (Å²) in [5.41, 5.74) is 3.78. The predicted octanol–water partition coefficient (Wildman–Crippen LogP) is 4.95. The summed E-state index contributed by atoms with van der Waals surface area (Å²) in [4.78, 5) is 37.2. The second-order valence-corrected chi connectivity index (χ2v) is 11.1. The van der Waals surface area contributed by atoms with Crippen molar-refractivity contribution in [3.8, 4) is 0 Å². The fraction of sp³-hybridized carbons (Fsp3) is 0.414. The van der Waals surface area contributed by atoms with Crippen molar-refractivity contribution in [3.05, 3.63) is 80.8 Å². The maximum Gasteiger partial charge on any atom is 0.252 e. The van der Waals surface area contributed by atoms with E-state index < -0.39 is 0 Å². The molecule has 0 atom stereocenters. The van der Waals surface area contributed by atoms with Gasteiger partial charge in [0.2, 0.25) is 5.91 Å². The first-order valence-corrected chi connectivity index (χ1v) is 14.2. The Kier molecular flexibility index (Phi) is 10.3. The van der Waals surface area contributed by atoms with Gasteiger partial charge in [-0.1, -0.05) is 41.9 Å². The summed E-state index contributed by atoms with van der Waals surface area (Å²) in [6.07, 6.45) is 1.94. The van der Waals surface area contributed by atoms with E-state index in [0.717, 1.165) is 59.5 Å². The van der Waals surface area contributed by atoms with Gasteiger partial charge >= 0.3 is 0 Å². The van der Waals surface area contributed by atoms with Gasteiger partial charge in [-0.2, -0.15) is 0 Å². The van der Waals surface area contributed by atoms with E-state index in [0.29, 0.717) is 19.6 Å². The van der Waals surface area contributed by atoms with Crippen LogP contribution in [0.2, 0.25) is 5.02 Å². The molecule has 0 N–H and O–H groups in total. The molecule has 1 aliphatic rings. The third-order valence-corrected chi connectivity index (χ3v) is 7.72. The Morgan fingerprint density at radius 2 is 1.74 bits per heavy atom. The molecule has 0 fully saturated rings. The number of hydrogen-bond acceptors (Lipinski definition) is 6. The molecule has 0 radical (unpaired) electrons. The van der Waals surface area contributed by atoms with Gasteiger partial charge < -0.3 is 14.5 Å². The fourth-order valence-electron chi connectivity index (χ4n) is 4.80. The number of methoxy groups -OCH3 is 1. The molecule has 0 spiro atoms. The lowest BCUT2D eigenvalue weighted by atomic mass is 10.1. The Morgan fingerprint density at radius 3 is 2.45 bits per heavy atom. The van der Waals surface area contributed by atoms with Gasteiger partial charge in [0.1, 0.15) is 6.61 Å². The van der Waals surface area contributed by atoms with Crippen molar-refractivity contribution in [2.24, 2.45) is 0 Å². The largest absolute Gasteiger partial charge is 0.375 e. The lowest BCUT2D eigenvalue weighted by Crippen LogP contribution is -2.40. The predicted molar refractivity (Wildman–Crippen MR) is 153 cm³/mol. The molecular formula is C29H35ClN4O3S. The number of anilines is 1. The average molecular weight is 555 g/mol. The van der Waals surface area contributed by atoms with Crippen LogP contribution < -0.4 is 4.90 Å². The van der Waals surface area contributed by atoms with Crippen LogP contribution in [-0.2, 0) is 33.8 Å².